The van der Waals surface area contributed by atoms with Gasteiger partial charge in [-0.25, -0.2) is 0 Å². The standard InChI is InChI=1S/C16H29N5O2/c1-15(2,13(23)17-3)9-20-14(18-4)21-7-5-6-16(11-21)8-12(22)19-10-16/h5-11H2,1-4H3,(H,17,23)(H,18,20)(H,19,22). The minimum absolute atomic E-state index is 0.00107. The molecule has 2 saturated heterocycles. The number of amides is 2. The van der Waals surface area contributed by atoms with Crippen molar-refractivity contribution in [1.82, 2.24) is 20.9 Å². The van der Waals surface area contributed by atoms with Gasteiger partial charge in [0.2, 0.25) is 11.8 Å². The van der Waals surface area contributed by atoms with Crippen LogP contribution in [-0.2, 0) is 9.59 Å². The van der Waals surface area contributed by atoms with Gasteiger partial charge >= 0.3 is 0 Å². The first-order chi connectivity index (χ1) is 10.8. The van der Waals surface area contributed by atoms with Gasteiger partial charge in [0, 0.05) is 52.1 Å². The lowest BCUT2D eigenvalue weighted by Gasteiger charge is -2.41. The number of aliphatic imine (C=N–C) groups is 1. The molecule has 2 aliphatic rings. The first-order valence-electron chi connectivity index (χ1n) is 8.26. The van der Waals surface area contributed by atoms with Gasteiger partial charge in [0.25, 0.3) is 0 Å². The second-order valence-corrected chi connectivity index (χ2v) is 7.34. The van der Waals surface area contributed by atoms with Crippen molar-refractivity contribution in [3.8, 4) is 0 Å². The normalized spacial score (nSPS) is 25.5. The number of hydrogen-bond acceptors (Lipinski definition) is 3. The van der Waals surface area contributed by atoms with E-state index >= 15 is 0 Å². The second-order valence-electron chi connectivity index (χ2n) is 7.34. The van der Waals surface area contributed by atoms with Crippen LogP contribution in [0.2, 0.25) is 0 Å². The predicted molar refractivity (Wildman–Crippen MR) is 90.1 cm³/mol. The molecule has 2 heterocycles. The van der Waals surface area contributed by atoms with Crippen molar-refractivity contribution in [2.24, 2.45) is 15.8 Å². The van der Waals surface area contributed by atoms with Crippen LogP contribution in [-0.4, -0.2) is 62.9 Å². The van der Waals surface area contributed by atoms with E-state index in [1.807, 2.05) is 13.8 Å². The lowest BCUT2D eigenvalue weighted by Crippen LogP contribution is -2.53. The van der Waals surface area contributed by atoms with Crippen LogP contribution in [0.25, 0.3) is 0 Å². The molecule has 1 unspecified atom stereocenters. The Morgan fingerprint density at radius 2 is 2.22 bits per heavy atom. The lowest BCUT2D eigenvalue weighted by atomic mass is 9.79. The summed E-state index contributed by atoms with van der Waals surface area (Å²) in [5, 5.41) is 8.97. The van der Waals surface area contributed by atoms with Crippen LogP contribution in [0.3, 0.4) is 0 Å². The first-order valence-corrected chi connectivity index (χ1v) is 8.26. The third-order valence-corrected chi connectivity index (χ3v) is 4.90. The van der Waals surface area contributed by atoms with Crippen LogP contribution in [0, 0.1) is 10.8 Å². The molecule has 2 fully saturated rings. The Balaban J connectivity index is 1.98. The van der Waals surface area contributed by atoms with E-state index in [0.717, 1.165) is 38.4 Å². The monoisotopic (exact) mass is 323 g/mol. The zero-order valence-electron chi connectivity index (χ0n) is 14.7. The Hall–Kier alpha value is -1.79. The number of carbonyl (C=O) groups excluding carboxylic acids is 2. The van der Waals surface area contributed by atoms with Gasteiger partial charge in [-0.3, -0.25) is 14.6 Å². The number of guanidine groups is 1. The molecule has 0 aliphatic carbocycles. The van der Waals surface area contributed by atoms with Gasteiger partial charge in [0.1, 0.15) is 0 Å². The number of piperidine rings is 1. The van der Waals surface area contributed by atoms with E-state index in [-0.39, 0.29) is 17.2 Å². The molecule has 0 bridgehead atoms. The molecule has 130 valence electrons. The Labute approximate surface area is 138 Å². The third-order valence-electron chi connectivity index (χ3n) is 4.90. The van der Waals surface area contributed by atoms with E-state index in [2.05, 4.69) is 25.8 Å². The number of hydrogen-bond donors (Lipinski definition) is 3. The van der Waals surface area contributed by atoms with E-state index in [4.69, 9.17) is 0 Å². The smallest absolute Gasteiger partial charge is 0.227 e. The average Bonchev–Trinajstić information content (AvgIpc) is 2.87. The summed E-state index contributed by atoms with van der Waals surface area (Å²) < 4.78 is 0. The molecule has 7 heteroatoms. The van der Waals surface area contributed by atoms with Crippen LogP contribution in [0.5, 0.6) is 0 Å². The number of nitrogens with zero attached hydrogens (tertiary/aromatic N) is 2. The highest BCUT2D eigenvalue weighted by molar-refractivity contribution is 5.84. The van der Waals surface area contributed by atoms with E-state index in [1.165, 1.54) is 0 Å². The SMILES string of the molecule is CN=C(NCC(C)(C)C(=O)NC)N1CCCC2(CNC(=O)C2)C1. The molecule has 2 amide bonds. The highest BCUT2D eigenvalue weighted by Crippen LogP contribution is 2.36. The molecule has 23 heavy (non-hydrogen) atoms. The predicted octanol–water partition coefficient (Wildman–Crippen LogP) is -0.0639. The van der Waals surface area contributed by atoms with Gasteiger partial charge in [-0.15, -0.1) is 0 Å². The topological polar surface area (TPSA) is 85.8 Å². The van der Waals surface area contributed by atoms with Crippen LogP contribution < -0.4 is 16.0 Å². The Bertz CT molecular complexity index is 503. The fourth-order valence-corrected chi connectivity index (χ4v) is 3.48. The van der Waals surface area contributed by atoms with Gasteiger partial charge in [0.05, 0.1) is 5.41 Å². The summed E-state index contributed by atoms with van der Waals surface area (Å²) in [4.78, 5) is 30.1. The van der Waals surface area contributed by atoms with Crippen molar-refractivity contribution in [3.63, 3.8) is 0 Å². The molecule has 0 aromatic rings. The molecular formula is C16H29N5O2. The van der Waals surface area contributed by atoms with Crippen LogP contribution in [0.1, 0.15) is 33.1 Å². The summed E-state index contributed by atoms with van der Waals surface area (Å²) in [6.45, 7) is 6.83. The van der Waals surface area contributed by atoms with Gasteiger partial charge in [-0.2, -0.15) is 0 Å². The highest BCUT2D eigenvalue weighted by atomic mass is 16.2. The summed E-state index contributed by atoms with van der Waals surface area (Å²) in [6.07, 6.45) is 2.72. The minimum atomic E-state index is -0.511. The Kier molecular flexibility index (Phi) is 5.16. The van der Waals surface area contributed by atoms with Crippen molar-refractivity contribution in [2.75, 3.05) is 40.3 Å². The lowest BCUT2D eigenvalue weighted by molar-refractivity contribution is -0.128. The summed E-state index contributed by atoms with van der Waals surface area (Å²) in [5.74, 6) is 0.956. The molecule has 3 N–H and O–H groups in total. The number of nitrogens with one attached hydrogen (secondary N) is 3. The van der Waals surface area contributed by atoms with Crippen molar-refractivity contribution in [3.05, 3.63) is 0 Å². The maximum atomic E-state index is 11.9. The van der Waals surface area contributed by atoms with Crippen LogP contribution in [0.15, 0.2) is 4.99 Å². The van der Waals surface area contributed by atoms with E-state index in [1.54, 1.807) is 14.1 Å². The Morgan fingerprint density at radius 1 is 1.48 bits per heavy atom. The largest absolute Gasteiger partial charge is 0.359 e. The molecule has 1 atom stereocenters. The summed E-state index contributed by atoms with van der Waals surface area (Å²) in [7, 11) is 3.41. The summed E-state index contributed by atoms with van der Waals surface area (Å²) in [6, 6.07) is 0. The molecule has 0 radical (unpaired) electrons. The zero-order chi connectivity index (χ0) is 17.1. The van der Waals surface area contributed by atoms with Crippen molar-refractivity contribution in [2.45, 2.75) is 33.1 Å². The van der Waals surface area contributed by atoms with E-state index in [0.29, 0.717) is 13.0 Å². The fourth-order valence-electron chi connectivity index (χ4n) is 3.48. The van der Waals surface area contributed by atoms with Crippen LogP contribution >= 0.6 is 0 Å². The zero-order valence-corrected chi connectivity index (χ0v) is 14.7. The Morgan fingerprint density at radius 3 is 2.78 bits per heavy atom. The molecule has 2 aliphatic heterocycles. The van der Waals surface area contributed by atoms with E-state index < -0.39 is 5.41 Å². The van der Waals surface area contributed by atoms with Gasteiger partial charge in [-0.05, 0) is 26.7 Å². The third kappa shape index (κ3) is 3.95. The highest BCUT2D eigenvalue weighted by Gasteiger charge is 2.42. The first kappa shape index (κ1) is 17.6. The minimum Gasteiger partial charge on any atom is -0.359 e. The maximum absolute atomic E-state index is 11.9. The molecule has 0 aromatic carbocycles. The molecule has 1 spiro atoms. The van der Waals surface area contributed by atoms with Crippen molar-refractivity contribution in [1.29, 1.82) is 0 Å². The van der Waals surface area contributed by atoms with Crippen LogP contribution in [0.4, 0.5) is 0 Å². The van der Waals surface area contributed by atoms with E-state index in [9.17, 15) is 9.59 Å². The molecule has 2 rings (SSSR count). The average molecular weight is 323 g/mol. The summed E-state index contributed by atoms with van der Waals surface area (Å²) >= 11 is 0. The molecular weight excluding hydrogens is 294 g/mol. The number of rotatable bonds is 3. The van der Waals surface area contributed by atoms with Gasteiger partial charge in [-0.1, -0.05) is 0 Å². The van der Waals surface area contributed by atoms with Gasteiger partial charge < -0.3 is 20.9 Å². The maximum Gasteiger partial charge on any atom is 0.227 e. The van der Waals surface area contributed by atoms with Crippen molar-refractivity contribution >= 4 is 17.8 Å². The quantitative estimate of drug-likeness (QED) is 0.501. The van der Waals surface area contributed by atoms with Gasteiger partial charge in [0.15, 0.2) is 5.96 Å². The molecule has 7 nitrogen and oxygen atoms in total. The number of carbonyl (C=O) groups is 2. The molecule has 0 saturated carbocycles. The van der Waals surface area contributed by atoms with Crippen molar-refractivity contribution < 1.29 is 9.59 Å². The molecule has 0 aromatic heterocycles. The fraction of sp³-hybridized carbons (Fsp3) is 0.812. The second kappa shape index (κ2) is 6.76. The summed E-state index contributed by atoms with van der Waals surface area (Å²) in [5.41, 5.74) is -0.480. The number of likely N-dealkylation sites (tertiary alicyclic amines) is 1.